The molecule has 164 valence electrons. The molecule has 6 nitrogen and oxygen atoms in total. The number of carbonyl (C=O) groups excluding carboxylic acids is 1. The van der Waals surface area contributed by atoms with Gasteiger partial charge in [0.2, 0.25) is 5.95 Å². The number of halogens is 4. The standard InChI is InChI=1S/C22H16F4N4O2/c1-30-19(31)21(29-20(30)27,14-7-9-16(10-8-14)32-22(24,25)26)15-5-2-4-13(12-15)17-6-3-11-28-18(17)23/h2-12H,1H3,(H2,27,29)/t21-/m1/s1. The van der Waals surface area contributed by atoms with E-state index in [2.05, 4.69) is 14.7 Å². The monoisotopic (exact) mass is 444 g/mol. The number of guanidine groups is 1. The van der Waals surface area contributed by atoms with Crippen LogP contribution in [0.15, 0.2) is 71.9 Å². The minimum absolute atomic E-state index is 0.0661. The fourth-order valence-corrected chi connectivity index (χ4v) is 3.60. The van der Waals surface area contributed by atoms with Crippen molar-refractivity contribution in [2.24, 2.45) is 10.7 Å². The summed E-state index contributed by atoms with van der Waals surface area (Å²) in [6.07, 6.45) is -3.54. The SMILES string of the molecule is CN1C(=O)[C@@](c2ccc(OC(F)(F)F)cc2)(c2cccc(-c3cccnc3F)c2)N=C1N. The Bertz CT molecular complexity index is 1210. The summed E-state index contributed by atoms with van der Waals surface area (Å²) in [7, 11) is 1.44. The van der Waals surface area contributed by atoms with Gasteiger partial charge in [0, 0.05) is 18.8 Å². The number of aliphatic imine (C=N–C) groups is 1. The molecule has 1 aromatic heterocycles. The number of amides is 1. The number of aromatic nitrogens is 1. The van der Waals surface area contributed by atoms with Crippen LogP contribution >= 0.6 is 0 Å². The van der Waals surface area contributed by atoms with Crippen molar-refractivity contribution in [3.05, 3.63) is 83.9 Å². The molecule has 0 unspecified atom stereocenters. The van der Waals surface area contributed by atoms with Crippen LogP contribution in [0.25, 0.3) is 11.1 Å². The quantitative estimate of drug-likeness (QED) is 0.490. The zero-order valence-corrected chi connectivity index (χ0v) is 16.6. The number of nitrogens with zero attached hydrogens (tertiary/aromatic N) is 3. The minimum atomic E-state index is -4.85. The topological polar surface area (TPSA) is 80.8 Å². The number of benzene rings is 2. The summed E-state index contributed by atoms with van der Waals surface area (Å²) in [6.45, 7) is 0. The molecule has 2 heterocycles. The molecule has 0 saturated heterocycles. The van der Waals surface area contributed by atoms with E-state index in [0.717, 1.165) is 17.0 Å². The van der Waals surface area contributed by atoms with Gasteiger partial charge in [-0.1, -0.05) is 30.3 Å². The van der Waals surface area contributed by atoms with Crippen molar-refractivity contribution < 1.29 is 27.1 Å². The molecule has 0 bridgehead atoms. The molecule has 10 heteroatoms. The minimum Gasteiger partial charge on any atom is -0.406 e. The van der Waals surface area contributed by atoms with Gasteiger partial charge in [-0.2, -0.15) is 4.39 Å². The maximum Gasteiger partial charge on any atom is 0.573 e. The first-order valence-corrected chi connectivity index (χ1v) is 9.33. The molecule has 1 amide bonds. The van der Waals surface area contributed by atoms with Crippen LogP contribution in [-0.2, 0) is 10.3 Å². The lowest BCUT2D eigenvalue weighted by molar-refractivity contribution is -0.274. The Morgan fingerprint density at radius 3 is 2.34 bits per heavy atom. The Morgan fingerprint density at radius 2 is 1.75 bits per heavy atom. The van der Waals surface area contributed by atoms with Gasteiger partial charge in [0.05, 0.1) is 0 Å². The molecule has 0 spiro atoms. The highest BCUT2D eigenvalue weighted by atomic mass is 19.4. The molecule has 4 rings (SSSR count). The maximum atomic E-state index is 14.2. The molecule has 1 aliphatic heterocycles. The van der Waals surface area contributed by atoms with E-state index in [0.29, 0.717) is 11.1 Å². The lowest BCUT2D eigenvalue weighted by atomic mass is 9.81. The molecular formula is C22H16F4N4O2. The summed E-state index contributed by atoms with van der Waals surface area (Å²) < 4.78 is 55.7. The van der Waals surface area contributed by atoms with Gasteiger partial charge in [-0.3, -0.25) is 9.69 Å². The lowest BCUT2D eigenvalue weighted by Gasteiger charge is -2.26. The first kappa shape index (κ1) is 21.3. The fraction of sp³-hybridized carbons (Fsp3) is 0.136. The third-order valence-electron chi connectivity index (χ3n) is 5.10. The second kappa shape index (κ2) is 7.63. The Morgan fingerprint density at radius 1 is 1.03 bits per heavy atom. The van der Waals surface area contributed by atoms with Crippen molar-refractivity contribution in [2.75, 3.05) is 7.05 Å². The second-order valence-corrected chi connectivity index (χ2v) is 7.04. The van der Waals surface area contributed by atoms with Crippen molar-refractivity contribution in [3.63, 3.8) is 0 Å². The molecule has 1 aliphatic rings. The molecule has 0 aliphatic carbocycles. The first-order chi connectivity index (χ1) is 15.1. The highest BCUT2D eigenvalue weighted by molar-refractivity contribution is 6.09. The van der Waals surface area contributed by atoms with Crippen molar-refractivity contribution in [1.29, 1.82) is 0 Å². The lowest BCUT2D eigenvalue weighted by Crippen LogP contribution is -2.41. The predicted octanol–water partition coefficient (Wildman–Crippen LogP) is 3.82. The van der Waals surface area contributed by atoms with Gasteiger partial charge < -0.3 is 10.5 Å². The second-order valence-electron chi connectivity index (χ2n) is 7.04. The van der Waals surface area contributed by atoms with E-state index in [-0.39, 0.29) is 17.1 Å². The predicted molar refractivity (Wildman–Crippen MR) is 108 cm³/mol. The number of likely N-dealkylation sites (N-methyl/N-ethyl adjacent to an activating group) is 1. The highest BCUT2D eigenvalue weighted by Gasteiger charge is 2.49. The number of nitrogens with two attached hydrogens (primary N) is 1. The average molecular weight is 444 g/mol. The first-order valence-electron chi connectivity index (χ1n) is 9.33. The molecule has 1 atom stereocenters. The summed E-state index contributed by atoms with van der Waals surface area (Å²) in [5.74, 6) is -1.71. The molecule has 2 aromatic carbocycles. The van der Waals surface area contributed by atoms with Gasteiger partial charge in [-0.15, -0.1) is 13.2 Å². The van der Waals surface area contributed by atoms with Gasteiger partial charge in [-0.05, 0) is 47.0 Å². The average Bonchev–Trinajstić information content (AvgIpc) is 2.98. The van der Waals surface area contributed by atoms with Crippen LogP contribution in [0, 0.1) is 5.95 Å². The van der Waals surface area contributed by atoms with E-state index in [1.165, 1.54) is 31.4 Å². The molecule has 0 saturated carbocycles. The number of carbonyl (C=O) groups is 1. The largest absolute Gasteiger partial charge is 0.573 e. The molecule has 0 fully saturated rings. The third-order valence-corrected chi connectivity index (χ3v) is 5.10. The molecule has 0 radical (unpaired) electrons. The van der Waals surface area contributed by atoms with Gasteiger partial charge in [0.1, 0.15) is 5.75 Å². The van der Waals surface area contributed by atoms with Crippen LogP contribution in [0.1, 0.15) is 11.1 Å². The zero-order chi connectivity index (χ0) is 23.1. The number of rotatable bonds is 4. The summed E-state index contributed by atoms with van der Waals surface area (Å²) >= 11 is 0. The number of pyridine rings is 1. The van der Waals surface area contributed by atoms with Gasteiger partial charge >= 0.3 is 6.36 Å². The van der Waals surface area contributed by atoms with Crippen molar-refractivity contribution in [2.45, 2.75) is 11.9 Å². The van der Waals surface area contributed by atoms with E-state index in [1.807, 2.05) is 0 Å². The summed E-state index contributed by atoms with van der Waals surface area (Å²) in [5.41, 5.74) is 5.55. The summed E-state index contributed by atoms with van der Waals surface area (Å²) in [4.78, 5) is 22.5. The van der Waals surface area contributed by atoms with E-state index in [1.54, 1.807) is 30.3 Å². The van der Waals surface area contributed by atoms with E-state index < -0.39 is 29.5 Å². The van der Waals surface area contributed by atoms with Crippen LogP contribution in [0.4, 0.5) is 17.6 Å². The number of ether oxygens (including phenoxy) is 1. The van der Waals surface area contributed by atoms with Crippen molar-refractivity contribution in [3.8, 4) is 16.9 Å². The van der Waals surface area contributed by atoms with Crippen LogP contribution in [0.2, 0.25) is 0 Å². The van der Waals surface area contributed by atoms with Gasteiger partial charge in [0.15, 0.2) is 11.5 Å². The Labute approximate surface area is 180 Å². The fourth-order valence-electron chi connectivity index (χ4n) is 3.60. The van der Waals surface area contributed by atoms with Crippen LogP contribution in [-0.4, -0.2) is 35.2 Å². The maximum absolute atomic E-state index is 14.2. The highest BCUT2D eigenvalue weighted by Crippen LogP contribution is 2.41. The molecule has 32 heavy (non-hydrogen) atoms. The van der Waals surface area contributed by atoms with Crippen molar-refractivity contribution in [1.82, 2.24) is 9.88 Å². The Balaban J connectivity index is 1.86. The number of hydrogen-bond donors (Lipinski definition) is 1. The van der Waals surface area contributed by atoms with E-state index >= 15 is 0 Å². The number of hydrogen-bond acceptors (Lipinski definition) is 5. The van der Waals surface area contributed by atoms with Crippen molar-refractivity contribution >= 4 is 11.9 Å². The summed E-state index contributed by atoms with van der Waals surface area (Å²) in [6, 6.07) is 14.4. The van der Waals surface area contributed by atoms with Crippen LogP contribution < -0.4 is 10.5 Å². The molecule has 2 N–H and O–H groups in total. The van der Waals surface area contributed by atoms with Gasteiger partial charge in [0.25, 0.3) is 5.91 Å². The van der Waals surface area contributed by atoms with Gasteiger partial charge in [-0.25, -0.2) is 9.98 Å². The Hall–Kier alpha value is -3.95. The third kappa shape index (κ3) is 3.64. The molecular weight excluding hydrogens is 428 g/mol. The zero-order valence-electron chi connectivity index (χ0n) is 16.6. The number of alkyl halides is 3. The normalized spacial score (nSPS) is 18.6. The van der Waals surface area contributed by atoms with E-state index in [4.69, 9.17) is 5.73 Å². The Kier molecular flexibility index (Phi) is 5.08. The summed E-state index contributed by atoms with van der Waals surface area (Å²) in [5, 5.41) is 0. The van der Waals surface area contributed by atoms with Crippen LogP contribution in [0.3, 0.4) is 0 Å². The molecule has 3 aromatic rings. The van der Waals surface area contributed by atoms with E-state index in [9.17, 15) is 22.4 Å². The van der Waals surface area contributed by atoms with Crippen LogP contribution in [0.5, 0.6) is 5.75 Å². The smallest absolute Gasteiger partial charge is 0.406 e.